The topological polar surface area (TPSA) is 228 Å². The molecule has 1 atom stereocenters. The van der Waals surface area contributed by atoms with Crippen LogP contribution in [0.15, 0.2) is 0 Å². The maximum Gasteiger partial charge on any atom is 0.326 e. The number of hydrogen-bond acceptors (Lipinski definition) is 10. The van der Waals surface area contributed by atoms with Crippen LogP contribution in [0.5, 0.6) is 0 Å². The van der Waals surface area contributed by atoms with Gasteiger partial charge < -0.3 is 50.4 Å². The minimum absolute atomic E-state index is 0.0182. The van der Waals surface area contributed by atoms with E-state index in [1.165, 1.54) is 0 Å². The van der Waals surface area contributed by atoms with Crippen molar-refractivity contribution in [3.05, 3.63) is 0 Å². The van der Waals surface area contributed by atoms with Crippen LogP contribution in [0.4, 0.5) is 0 Å². The molecule has 0 aliphatic rings. The third-order valence-corrected chi connectivity index (χ3v) is 5.09. The lowest BCUT2D eigenvalue weighted by molar-refractivity contribution is -0.142. The van der Waals surface area contributed by atoms with E-state index < -0.39 is 30.4 Å². The van der Waals surface area contributed by atoms with Gasteiger partial charge in [0.05, 0.1) is 39.6 Å². The van der Waals surface area contributed by atoms with Crippen LogP contribution in [0.2, 0.25) is 0 Å². The van der Waals surface area contributed by atoms with E-state index in [4.69, 9.17) is 24.1 Å². The fraction of sp³-hybridized carbons (Fsp3) is 0.760. The minimum atomic E-state index is -1.19. The number of unbranched alkanes of at least 4 members (excludes halogenated alkanes) is 2. The summed E-state index contributed by atoms with van der Waals surface area (Å²) in [4.78, 5) is 68.3. The Morgan fingerprint density at radius 2 is 1.17 bits per heavy atom. The highest BCUT2D eigenvalue weighted by Crippen LogP contribution is 2.02. The number of rotatable bonds is 27. The van der Waals surface area contributed by atoms with Crippen molar-refractivity contribution in [1.29, 1.82) is 0 Å². The fourth-order valence-corrected chi connectivity index (χ4v) is 2.99. The van der Waals surface area contributed by atoms with E-state index in [1.807, 2.05) is 6.92 Å². The number of hydrogen-bond donors (Lipinski definition) is 6. The van der Waals surface area contributed by atoms with E-state index in [9.17, 15) is 33.9 Å². The highest BCUT2D eigenvalue weighted by atomic mass is 16.5. The third-order valence-electron chi connectivity index (χ3n) is 5.09. The van der Waals surface area contributed by atoms with Crippen molar-refractivity contribution < 1.29 is 57.9 Å². The fourth-order valence-electron chi connectivity index (χ4n) is 2.99. The van der Waals surface area contributed by atoms with Crippen LogP contribution in [0, 0.1) is 0 Å². The van der Waals surface area contributed by atoms with Crippen LogP contribution in [0.3, 0.4) is 0 Å². The Bertz CT molecular complexity index is 797. The normalized spacial score (nSPS) is 11.3. The van der Waals surface area contributed by atoms with Crippen molar-refractivity contribution in [2.45, 2.75) is 51.5 Å². The average molecular weight is 593 g/mol. The van der Waals surface area contributed by atoms with Crippen molar-refractivity contribution in [3.8, 4) is 0 Å². The summed E-state index contributed by atoms with van der Waals surface area (Å²) >= 11 is 0. The molecule has 41 heavy (non-hydrogen) atoms. The lowest BCUT2D eigenvalue weighted by Gasteiger charge is -2.14. The molecule has 1 unspecified atom stereocenters. The molecule has 0 aromatic rings. The number of carbonyl (C=O) groups is 6. The number of ether oxygens (including phenoxy) is 4. The molecular weight excluding hydrogens is 548 g/mol. The summed E-state index contributed by atoms with van der Waals surface area (Å²) in [5.41, 5.74) is 0. The Kier molecular flexibility index (Phi) is 23.5. The van der Waals surface area contributed by atoms with Gasteiger partial charge in [-0.25, -0.2) is 4.79 Å². The maximum atomic E-state index is 11.9. The third kappa shape index (κ3) is 25.4. The first-order valence-corrected chi connectivity index (χ1v) is 13.5. The average Bonchev–Trinajstić information content (AvgIpc) is 2.92. The zero-order valence-corrected chi connectivity index (χ0v) is 23.6. The number of amides is 4. The van der Waals surface area contributed by atoms with Gasteiger partial charge in [-0.2, -0.15) is 0 Å². The van der Waals surface area contributed by atoms with Crippen molar-refractivity contribution in [2.75, 3.05) is 72.5 Å². The van der Waals surface area contributed by atoms with E-state index >= 15 is 0 Å². The molecule has 0 aliphatic carbocycles. The summed E-state index contributed by atoms with van der Waals surface area (Å²) < 4.78 is 20.7. The Hall–Kier alpha value is -3.34. The molecule has 0 bridgehead atoms. The largest absolute Gasteiger partial charge is 0.480 e. The van der Waals surface area contributed by atoms with Gasteiger partial charge in [-0.3, -0.25) is 24.0 Å². The standard InChI is InChI=1S/C25H44N4O12/c1-2-3-4-5-21(31)29-19(25(36)37)6-7-20(30)26-8-10-38-12-14-40-17-22(32)27-9-11-39-13-15-41-18-23(33)28-16-24(34)35/h19H,2-18H2,1H3,(H,26,30)(H,27,32)(H,28,33)(H,29,31)(H,34,35)(H,36,37). The molecule has 0 saturated carbocycles. The molecule has 16 heteroatoms. The molecule has 0 rings (SSSR count). The molecule has 0 heterocycles. The Morgan fingerprint density at radius 3 is 1.71 bits per heavy atom. The quantitative estimate of drug-likeness (QED) is 0.0594. The summed E-state index contributed by atoms with van der Waals surface area (Å²) in [6.07, 6.45) is 2.71. The van der Waals surface area contributed by atoms with E-state index in [0.717, 1.165) is 12.8 Å². The van der Waals surface area contributed by atoms with Gasteiger partial charge >= 0.3 is 11.9 Å². The Morgan fingerprint density at radius 1 is 0.634 bits per heavy atom. The van der Waals surface area contributed by atoms with Crippen molar-refractivity contribution in [2.24, 2.45) is 0 Å². The van der Waals surface area contributed by atoms with Gasteiger partial charge in [0.15, 0.2) is 0 Å². The Labute approximate surface area is 239 Å². The van der Waals surface area contributed by atoms with E-state index in [0.29, 0.717) is 6.42 Å². The molecular formula is C25H44N4O12. The Balaban J connectivity index is 3.63. The number of nitrogens with one attached hydrogen (secondary N) is 4. The molecule has 0 spiro atoms. The van der Waals surface area contributed by atoms with Gasteiger partial charge in [0.1, 0.15) is 25.8 Å². The van der Waals surface area contributed by atoms with Gasteiger partial charge in [0, 0.05) is 25.9 Å². The van der Waals surface area contributed by atoms with Gasteiger partial charge in [-0.05, 0) is 12.8 Å². The predicted octanol–water partition coefficient (Wildman–Crippen LogP) is -1.58. The molecule has 0 aromatic heterocycles. The summed E-state index contributed by atoms with van der Waals surface area (Å²) in [7, 11) is 0. The molecule has 16 nitrogen and oxygen atoms in total. The molecule has 0 saturated heterocycles. The van der Waals surface area contributed by atoms with Gasteiger partial charge in [-0.15, -0.1) is 0 Å². The van der Waals surface area contributed by atoms with Crippen LogP contribution in [-0.4, -0.2) is 124 Å². The summed E-state index contributed by atoms with van der Waals surface area (Å²) in [6, 6.07) is -1.12. The highest BCUT2D eigenvalue weighted by molar-refractivity contribution is 5.84. The van der Waals surface area contributed by atoms with Crippen LogP contribution in [0.25, 0.3) is 0 Å². The van der Waals surface area contributed by atoms with E-state index in [1.54, 1.807) is 0 Å². The van der Waals surface area contributed by atoms with E-state index in [-0.39, 0.29) is 103 Å². The minimum Gasteiger partial charge on any atom is -0.480 e. The van der Waals surface area contributed by atoms with Crippen LogP contribution < -0.4 is 21.3 Å². The molecule has 236 valence electrons. The first-order valence-electron chi connectivity index (χ1n) is 13.5. The number of carbonyl (C=O) groups excluding carboxylic acids is 4. The first kappa shape index (κ1) is 37.7. The zero-order valence-electron chi connectivity index (χ0n) is 23.6. The monoisotopic (exact) mass is 592 g/mol. The number of carboxylic acids is 2. The SMILES string of the molecule is CCCCCC(=O)NC(CCC(=O)NCCOCCOCC(=O)NCCOCCOCC(=O)NCC(=O)O)C(=O)O. The van der Waals surface area contributed by atoms with Crippen LogP contribution >= 0.6 is 0 Å². The van der Waals surface area contributed by atoms with Gasteiger partial charge in [-0.1, -0.05) is 19.8 Å². The molecule has 4 amide bonds. The smallest absolute Gasteiger partial charge is 0.326 e. The number of carboxylic acid groups (broad SMARTS) is 2. The zero-order chi connectivity index (χ0) is 30.7. The molecule has 0 aromatic carbocycles. The van der Waals surface area contributed by atoms with Crippen LogP contribution in [0.1, 0.15) is 45.4 Å². The summed E-state index contributed by atoms with van der Waals surface area (Å²) in [5, 5.41) is 27.5. The summed E-state index contributed by atoms with van der Waals surface area (Å²) in [6.45, 7) is 2.64. The molecule has 6 N–H and O–H groups in total. The maximum absolute atomic E-state index is 11.9. The first-order chi connectivity index (χ1) is 19.6. The lowest BCUT2D eigenvalue weighted by atomic mass is 10.1. The second kappa shape index (κ2) is 25.6. The van der Waals surface area contributed by atoms with Crippen molar-refractivity contribution in [1.82, 2.24) is 21.3 Å². The van der Waals surface area contributed by atoms with Crippen LogP contribution in [-0.2, 0) is 47.7 Å². The van der Waals surface area contributed by atoms with Gasteiger partial charge in [0.2, 0.25) is 23.6 Å². The van der Waals surface area contributed by atoms with Crippen molar-refractivity contribution in [3.63, 3.8) is 0 Å². The molecule has 0 aliphatic heterocycles. The second-order valence-electron chi connectivity index (χ2n) is 8.65. The highest BCUT2D eigenvalue weighted by Gasteiger charge is 2.20. The van der Waals surface area contributed by atoms with Gasteiger partial charge in [0.25, 0.3) is 0 Å². The van der Waals surface area contributed by atoms with E-state index in [2.05, 4.69) is 21.3 Å². The second-order valence-corrected chi connectivity index (χ2v) is 8.65. The predicted molar refractivity (Wildman–Crippen MR) is 143 cm³/mol. The molecule has 0 radical (unpaired) electrons. The number of aliphatic carboxylic acids is 2. The van der Waals surface area contributed by atoms with Crippen molar-refractivity contribution >= 4 is 35.6 Å². The lowest BCUT2D eigenvalue weighted by Crippen LogP contribution is -2.41. The molecule has 0 fully saturated rings. The summed E-state index contributed by atoms with van der Waals surface area (Å²) in [5.74, 6) is -3.92.